The molecular formula is C17H30N4O3S. The Labute approximate surface area is 150 Å². The van der Waals surface area contributed by atoms with Crippen molar-refractivity contribution in [3.8, 4) is 0 Å². The third kappa shape index (κ3) is 4.24. The fraction of sp³-hybridized carbons (Fsp3) is 0.824. The molecule has 142 valence electrons. The average molecular weight is 371 g/mol. The number of rotatable bonds is 7. The van der Waals surface area contributed by atoms with Crippen molar-refractivity contribution in [2.45, 2.75) is 45.4 Å². The SMILES string of the molecule is CCCn1cc(CN2CCN(CCOC)[C@@H]3CS(=O)(=O)C[C@@H]32)c(C)n1. The number of piperazine rings is 1. The number of aryl methyl sites for hydroxylation is 2. The molecule has 1 aromatic rings. The van der Waals surface area contributed by atoms with Gasteiger partial charge in [0.1, 0.15) is 0 Å². The van der Waals surface area contributed by atoms with Crippen LogP contribution in [0.25, 0.3) is 0 Å². The van der Waals surface area contributed by atoms with E-state index in [1.807, 2.05) is 11.6 Å². The lowest BCUT2D eigenvalue weighted by atomic mass is 10.0. The summed E-state index contributed by atoms with van der Waals surface area (Å²) in [6, 6.07) is 0.157. The van der Waals surface area contributed by atoms with Crippen molar-refractivity contribution in [2.24, 2.45) is 0 Å². The largest absolute Gasteiger partial charge is 0.383 e. The highest BCUT2D eigenvalue weighted by Crippen LogP contribution is 2.28. The predicted molar refractivity (Wildman–Crippen MR) is 97.3 cm³/mol. The Morgan fingerprint density at radius 1 is 1.20 bits per heavy atom. The van der Waals surface area contributed by atoms with E-state index in [0.717, 1.165) is 44.8 Å². The number of ether oxygens (including phenoxy) is 1. The molecule has 0 bridgehead atoms. The number of methoxy groups -OCH3 is 1. The minimum Gasteiger partial charge on any atom is -0.383 e. The summed E-state index contributed by atoms with van der Waals surface area (Å²) in [4.78, 5) is 4.64. The van der Waals surface area contributed by atoms with Crippen LogP contribution in [0.5, 0.6) is 0 Å². The van der Waals surface area contributed by atoms with Gasteiger partial charge >= 0.3 is 0 Å². The van der Waals surface area contributed by atoms with Crippen LogP contribution in [0.15, 0.2) is 6.20 Å². The molecule has 0 amide bonds. The van der Waals surface area contributed by atoms with E-state index < -0.39 is 9.84 Å². The van der Waals surface area contributed by atoms with Crippen LogP contribution in [-0.2, 0) is 27.7 Å². The molecule has 0 N–H and O–H groups in total. The molecule has 2 atom stereocenters. The van der Waals surface area contributed by atoms with Crippen LogP contribution in [0.4, 0.5) is 0 Å². The van der Waals surface area contributed by atoms with Crippen molar-refractivity contribution >= 4 is 9.84 Å². The smallest absolute Gasteiger partial charge is 0.153 e. The molecule has 3 heterocycles. The van der Waals surface area contributed by atoms with E-state index in [2.05, 4.69) is 28.0 Å². The van der Waals surface area contributed by atoms with Gasteiger partial charge < -0.3 is 4.74 Å². The van der Waals surface area contributed by atoms with E-state index in [1.54, 1.807) is 7.11 Å². The van der Waals surface area contributed by atoms with Gasteiger partial charge in [0, 0.05) is 63.7 Å². The minimum atomic E-state index is -2.97. The first-order valence-corrected chi connectivity index (χ1v) is 11.0. The zero-order valence-electron chi connectivity index (χ0n) is 15.5. The average Bonchev–Trinajstić information content (AvgIpc) is 3.06. The number of hydrogen-bond acceptors (Lipinski definition) is 6. The topological polar surface area (TPSA) is 67.7 Å². The van der Waals surface area contributed by atoms with Crippen LogP contribution >= 0.6 is 0 Å². The quantitative estimate of drug-likeness (QED) is 0.698. The van der Waals surface area contributed by atoms with E-state index in [-0.39, 0.29) is 23.6 Å². The molecular weight excluding hydrogens is 340 g/mol. The molecule has 0 aliphatic carbocycles. The second-order valence-electron chi connectivity index (χ2n) is 7.21. The van der Waals surface area contributed by atoms with Crippen LogP contribution in [0, 0.1) is 6.92 Å². The van der Waals surface area contributed by atoms with E-state index in [4.69, 9.17) is 4.74 Å². The summed E-state index contributed by atoms with van der Waals surface area (Å²) in [7, 11) is -1.28. The number of aromatic nitrogens is 2. The van der Waals surface area contributed by atoms with Gasteiger partial charge in [-0.15, -0.1) is 0 Å². The van der Waals surface area contributed by atoms with Gasteiger partial charge in [0.25, 0.3) is 0 Å². The highest BCUT2D eigenvalue weighted by molar-refractivity contribution is 7.91. The molecule has 0 saturated carbocycles. The predicted octanol–water partition coefficient (Wildman–Crippen LogP) is 0.531. The molecule has 2 aliphatic rings. The van der Waals surface area contributed by atoms with Gasteiger partial charge in [-0.3, -0.25) is 14.5 Å². The van der Waals surface area contributed by atoms with Gasteiger partial charge in [-0.25, -0.2) is 8.42 Å². The standard InChI is InChI=1S/C17H30N4O3S/c1-4-5-21-11-15(14(2)18-21)10-20-7-6-19(8-9-24-3)16-12-25(22,23)13-17(16)20/h11,16-17H,4-10,12-13H2,1-3H3/t16-,17+/m1/s1. The van der Waals surface area contributed by atoms with Crippen LogP contribution in [0.3, 0.4) is 0 Å². The lowest BCUT2D eigenvalue weighted by Gasteiger charge is -2.43. The molecule has 8 heteroatoms. The van der Waals surface area contributed by atoms with Gasteiger partial charge in [0.05, 0.1) is 23.8 Å². The maximum atomic E-state index is 12.3. The first kappa shape index (κ1) is 18.8. The fourth-order valence-electron chi connectivity index (χ4n) is 4.06. The maximum Gasteiger partial charge on any atom is 0.153 e. The zero-order valence-corrected chi connectivity index (χ0v) is 16.3. The van der Waals surface area contributed by atoms with Crippen LogP contribution in [0.2, 0.25) is 0 Å². The van der Waals surface area contributed by atoms with Crippen molar-refractivity contribution in [1.82, 2.24) is 19.6 Å². The van der Waals surface area contributed by atoms with Crippen LogP contribution in [-0.4, -0.2) is 84.9 Å². The lowest BCUT2D eigenvalue weighted by Crippen LogP contribution is -2.59. The molecule has 7 nitrogen and oxygen atoms in total. The van der Waals surface area contributed by atoms with Gasteiger partial charge in [-0.2, -0.15) is 5.10 Å². The van der Waals surface area contributed by atoms with Gasteiger partial charge in [0.2, 0.25) is 0 Å². The second-order valence-corrected chi connectivity index (χ2v) is 9.37. The summed E-state index contributed by atoms with van der Waals surface area (Å²) in [5, 5.41) is 4.58. The molecule has 25 heavy (non-hydrogen) atoms. The zero-order chi connectivity index (χ0) is 18.0. The monoisotopic (exact) mass is 370 g/mol. The summed E-state index contributed by atoms with van der Waals surface area (Å²) in [5.41, 5.74) is 2.26. The lowest BCUT2D eigenvalue weighted by molar-refractivity contribution is 0.0252. The van der Waals surface area contributed by atoms with E-state index >= 15 is 0 Å². The van der Waals surface area contributed by atoms with Crippen LogP contribution in [0.1, 0.15) is 24.6 Å². The number of hydrogen-bond donors (Lipinski definition) is 0. The molecule has 0 aromatic carbocycles. The first-order chi connectivity index (χ1) is 11.9. The summed E-state index contributed by atoms with van der Waals surface area (Å²) in [5.74, 6) is 0.537. The van der Waals surface area contributed by atoms with Crippen molar-refractivity contribution in [3.63, 3.8) is 0 Å². The summed E-state index contributed by atoms with van der Waals surface area (Å²) in [6.07, 6.45) is 3.18. The summed E-state index contributed by atoms with van der Waals surface area (Å²) in [6.45, 7) is 9.11. The van der Waals surface area contributed by atoms with Gasteiger partial charge in [0.15, 0.2) is 9.84 Å². The maximum absolute atomic E-state index is 12.3. The molecule has 2 fully saturated rings. The Morgan fingerprint density at radius 3 is 2.56 bits per heavy atom. The molecule has 0 spiro atoms. The van der Waals surface area contributed by atoms with Crippen LogP contribution < -0.4 is 0 Å². The molecule has 0 radical (unpaired) electrons. The summed E-state index contributed by atoms with van der Waals surface area (Å²) < 4.78 is 31.7. The van der Waals surface area contributed by atoms with E-state index in [0.29, 0.717) is 6.61 Å². The molecule has 2 aliphatic heterocycles. The third-order valence-corrected chi connectivity index (χ3v) is 7.06. The Kier molecular flexibility index (Phi) is 5.82. The van der Waals surface area contributed by atoms with E-state index in [1.165, 1.54) is 5.56 Å². The molecule has 2 saturated heterocycles. The Hall–Kier alpha value is -0.960. The number of sulfone groups is 1. The Morgan fingerprint density at radius 2 is 1.88 bits per heavy atom. The van der Waals surface area contributed by atoms with Crippen molar-refractivity contribution in [2.75, 3.05) is 44.9 Å². The van der Waals surface area contributed by atoms with E-state index in [9.17, 15) is 8.42 Å². The van der Waals surface area contributed by atoms with Gasteiger partial charge in [-0.1, -0.05) is 6.92 Å². The summed E-state index contributed by atoms with van der Waals surface area (Å²) >= 11 is 0. The minimum absolute atomic E-state index is 0.0736. The van der Waals surface area contributed by atoms with Crippen molar-refractivity contribution in [1.29, 1.82) is 0 Å². The molecule has 3 rings (SSSR count). The highest BCUT2D eigenvalue weighted by Gasteiger charge is 2.46. The molecule has 0 unspecified atom stereocenters. The third-order valence-electron chi connectivity index (χ3n) is 5.36. The Bertz CT molecular complexity index is 688. The normalized spacial score (nSPS) is 26.8. The van der Waals surface area contributed by atoms with Gasteiger partial charge in [-0.05, 0) is 13.3 Å². The number of fused-ring (bicyclic) bond motifs is 1. The highest BCUT2D eigenvalue weighted by atomic mass is 32.2. The Balaban J connectivity index is 1.74. The molecule has 1 aromatic heterocycles. The fourth-order valence-corrected chi connectivity index (χ4v) is 6.10. The van der Waals surface area contributed by atoms with Crippen molar-refractivity contribution in [3.05, 3.63) is 17.5 Å². The van der Waals surface area contributed by atoms with Crippen molar-refractivity contribution < 1.29 is 13.2 Å². The first-order valence-electron chi connectivity index (χ1n) is 9.14. The number of nitrogens with zero attached hydrogens (tertiary/aromatic N) is 4. The second kappa shape index (κ2) is 7.73.